The first kappa shape index (κ1) is 11.3. The molecule has 2 heterocycles. The van der Waals surface area contributed by atoms with E-state index in [-0.39, 0.29) is 0 Å². The Labute approximate surface area is 95.2 Å². The fourth-order valence-corrected chi connectivity index (χ4v) is 1.70. The SMILES string of the molecule is Cc1cc(C)nc(NCC2(C)OCCO2)n1. The van der Waals surface area contributed by atoms with Crippen molar-refractivity contribution in [3.63, 3.8) is 0 Å². The number of hydrogen-bond acceptors (Lipinski definition) is 5. The van der Waals surface area contributed by atoms with Gasteiger partial charge in [0, 0.05) is 11.4 Å². The summed E-state index contributed by atoms with van der Waals surface area (Å²) < 4.78 is 11.0. The van der Waals surface area contributed by atoms with Crippen LogP contribution in [0.3, 0.4) is 0 Å². The van der Waals surface area contributed by atoms with Crippen LogP contribution in [0.15, 0.2) is 6.07 Å². The summed E-state index contributed by atoms with van der Waals surface area (Å²) in [5.41, 5.74) is 1.90. The number of hydrogen-bond donors (Lipinski definition) is 1. The van der Waals surface area contributed by atoms with Gasteiger partial charge in [0.15, 0.2) is 5.79 Å². The smallest absolute Gasteiger partial charge is 0.223 e. The highest BCUT2D eigenvalue weighted by Crippen LogP contribution is 2.18. The second-order valence-electron chi connectivity index (χ2n) is 4.16. The Hall–Kier alpha value is -1.20. The minimum Gasteiger partial charge on any atom is -0.349 e. The molecule has 0 amide bonds. The highest BCUT2D eigenvalue weighted by molar-refractivity contribution is 5.27. The van der Waals surface area contributed by atoms with Crippen LogP contribution in [-0.4, -0.2) is 35.5 Å². The van der Waals surface area contributed by atoms with E-state index < -0.39 is 5.79 Å². The lowest BCUT2D eigenvalue weighted by atomic mass is 10.3. The first-order chi connectivity index (χ1) is 7.57. The van der Waals surface area contributed by atoms with E-state index in [0.717, 1.165) is 11.4 Å². The van der Waals surface area contributed by atoms with Crippen molar-refractivity contribution in [2.45, 2.75) is 26.6 Å². The monoisotopic (exact) mass is 223 g/mol. The maximum Gasteiger partial charge on any atom is 0.223 e. The number of nitrogens with zero attached hydrogens (tertiary/aromatic N) is 2. The molecule has 0 radical (unpaired) electrons. The van der Waals surface area contributed by atoms with Gasteiger partial charge in [-0.05, 0) is 26.8 Å². The minimum absolute atomic E-state index is 0.551. The largest absolute Gasteiger partial charge is 0.349 e. The van der Waals surface area contributed by atoms with E-state index in [0.29, 0.717) is 25.7 Å². The van der Waals surface area contributed by atoms with Gasteiger partial charge in [-0.3, -0.25) is 0 Å². The van der Waals surface area contributed by atoms with E-state index in [2.05, 4.69) is 15.3 Å². The molecule has 2 rings (SSSR count). The normalized spacial score (nSPS) is 18.7. The molecule has 1 saturated heterocycles. The number of nitrogens with one attached hydrogen (secondary N) is 1. The molecule has 0 unspecified atom stereocenters. The Bertz CT molecular complexity index is 355. The van der Waals surface area contributed by atoms with Crippen molar-refractivity contribution in [2.24, 2.45) is 0 Å². The number of anilines is 1. The predicted octanol–water partition coefficient (Wildman–Crippen LogP) is 1.27. The molecule has 1 aromatic heterocycles. The third-order valence-corrected chi connectivity index (χ3v) is 2.45. The van der Waals surface area contributed by atoms with E-state index in [9.17, 15) is 0 Å². The molecule has 1 aromatic rings. The first-order valence-electron chi connectivity index (χ1n) is 5.41. The molecule has 16 heavy (non-hydrogen) atoms. The summed E-state index contributed by atoms with van der Waals surface area (Å²) in [4.78, 5) is 8.59. The van der Waals surface area contributed by atoms with Gasteiger partial charge in [-0.1, -0.05) is 0 Å². The van der Waals surface area contributed by atoms with Crippen LogP contribution in [0.2, 0.25) is 0 Å². The molecule has 0 bridgehead atoms. The lowest BCUT2D eigenvalue weighted by Crippen LogP contribution is -2.35. The first-order valence-corrected chi connectivity index (χ1v) is 5.41. The maximum absolute atomic E-state index is 5.48. The van der Waals surface area contributed by atoms with E-state index in [4.69, 9.17) is 9.47 Å². The van der Waals surface area contributed by atoms with E-state index in [1.807, 2.05) is 26.8 Å². The zero-order chi connectivity index (χ0) is 11.6. The molecule has 0 spiro atoms. The molecule has 5 nitrogen and oxygen atoms in total. The Balaban J connectivity index is 1.98. The summed E-state index contributed by atoms with van der Waals surface area (Å²) in [7, 11) is 0. The summed E-state index contributed by atoms with van der Waals surface area (Å²) in [5.74, 6) is 0.0684. The second-order valence-corrected chi connectivity index (χ2v) is 4.16. The van der Waals surface area contributed by atoms with Crippen LogP contribution in [0, 0.1) is 13.8 Å². The summed E-state index contributed by atoms with van der Waals surface area (Å²) in [5, 5.41) is 3.14. The maximum atomic E-state index is 5.48. The molecule has 0 atom stereocenters. The molecule has 88 valence electrons. The molecule has 0 aliphatic carbocycles. The molecule has 1 fully saturated rings. The van der Waals surface area contributed by atoms with Crippen LogP contribution in [0.25, 0.3) is 0 Å². The summed E-state index contributed by atoms with van der Waals surface area (Å²) in [6.45, 7) is 7.65. The molecule has 5 heteroatoms. The molecule has 1 aliphatic heterocycles. The quantitative estimate of drug-likeness (QED) is 0.836. The number of rotatable bonds is 3. The second kappa shape index (κ2) is 4.35. The molecule has 1 N–H and O–H groups in total. The minimum atomic E-state index is -0.555. The third kappa shape index (κ3) is 2.68. The van der Waals surface area contributed by atoms with Crippen LogP contribution in [0.5, 0.6) is 0 Å². The Morgan fingerprint density at radius 2 is 1.81 bits per heavy atom. The standard InChI is InChI=1S/C11H17N3O2/c1-8-6-9(2)14-10(13-8)12-7-11(3)15-4-5-16-11/h6H,4-5,7H2,1-3H3,(H,12,13,14). The average molecular weight is 223 g/mol. The van der Waals surface area contributed by atoms with Crippen LogP contribution in [-0.2, 0) is 9.47 Å². The van der Waals surface area contributed by atoms with Crippen LogP contribution in [0.1, 0.15) is 18.3 Å². The van der Waals surface area contributed by atoms with Gasteiger partial charge in [-0.2, -0.15) is 0 Å². The Morgan fingerprint density at radius 1 is 1.25 bits per heavy atom. The van der Waals surface area contributed by atoms with Gasteiger partial charge in [-0.25, -0.2) is 9.97 Å². The average Bonchev–Trinajstić information content (AvgIpc) is 2.62. The van der Waals surface area contributed by atoms with Crippen molar-refractivity contribution in [3.8, 4) is 0 Å². The van der Waals surface area contributed by atoms with Crippen molar-refractivity contribution >= 4 is 5.95 Å². The molecule has 0 aromatic carbocycles. The van der Waals surface area contributed by atoms with Crippen molar-refractivity contribution in [2.75, 3.05) is 25.1 Å². The van der Waals surface area contributed by atoms with Gasteiger partial charge in [0.25, 0.3) is 0 Å². The van der Waals surface area contributed by atoms with Gasteiger partial charge in [0.05, 0.1) is 19.8 Å². The summed E-state index contributed by atoms with van der Waals surface area (Å²) >= 11 is 0. The number of ether oxygens (including phenoxy) is 2. The topological polar surface area (TPSA) is 56.3 Å². The third-order valence-electron chi connectivity index (χ3n) is 2.45. The van der Waals surface area contributed by atoms with Crippen molar-refractivity contribution < 1.29 is 9.47 Å². The van der Waals surface area contributed by atoms with E-state index in [1.54, 1.807) is 0 Å². The van der Waals surface area contributed by atoms with Crippen molar-refractivity contribution in [1.29, 1.82) is 0 Å². The van der Waals surface area contributed by atoms with Crippen molar-refractivity contribution in [3.05, 3.63) is 17.5 Å². The van der Waals surface area contributed by atoms with E-state index in [1.165, 1.54) is 0 Å². The summed E-state index contributed by atoms with van der Waals surface area (Å²) in [6.07, 6.45) is 0. The predicted molar refractivity (Wildman–Crippen MR) is 60.3 cm³/mol. The molecule has 0 saturated carbocycles. The van der Waals surface area contributed by atoms with Crippen LogP contribution < -0.4 is 5.32 Å². The fourth-order valence-electron chi connectivity index (χ4n) is 1.70. The highest BCUT2D eigenvalue weighted by atomic mass is 16.7. The van der Waals surface area contributed by atoms with Gasteiger partial charge in [0.1, 0.15) is 0 Å². The van der Waals surface area contributed by atoms with Crippen molar-refractivity contribution in [1.82, 2.24) is 9.97 Å². The molecular formula is C11H17N3O2. The fraction of sp³-hybridized carbons (Fsp3) is 0.636. The number of aryl methyl sites for hydroxylation is 2. The van der Waals surface area contributed by atoms with Gasteiger partial charge in [-0.15, -0.1) is 0 Å². The van der Waals surface area contributed by atoms with Crippen LogP contribution >= 0.6 is 0 Å². The molecule has 1 aliphatic rings. The molecular weight excluding hydrogens is 206 g/mol. The Kier molecular flexibility index (Phi) is 3.07. The zero-order valence-corrected chi connectivity index (χ0v) is 9.91. The van der Waals surface area contributed by atoms with E-state index >= 15 is 0 Å². The number of aromatic nitrogens is 2. The highest BCUT2D eigenvalue weighted by Gasteiger charge is 2.30. The van der Waals surface area contributed by atoms with Gasteiger partial charge >= 0.3 is 0 Å². The zero-order valence-electron chi connectivity index (χ0n) is 9.91. The van der Waals surface area contributed by atoms with Gasteiger partial charge in [0.2, 0.25) is 5.95 Å². The lowest BCUT2D eigenvalue weighted by molar-refractivity contribution is -0.129. The van der Waals surface area contributed by atoms with Crippen LogP contribution in [0.4, 0.5) is 5.95 Å². The Morgan fingerprint density at radius 3 is 2.38 bits per heavy atom. The summed E-state index contributed by atoms with van der Waals surface area (Å²) in [6, 6.07) is 1.94. The van der Waals surface area contributed by atoms with Gasteiger partial charge < -0.3 is 14.8 Å². The lowest BCUT2D eigenvalue weighted by Gasteiger charge is -2.22.